The van der Waals surface area contributed by atoms with Gasteiger partial charge < -0.3 is 25.2 Å². The first kappa shape index (κ1) is 9.95. The van der Waals surface area contributed by atoms with Crippen LogP contribution < -0.4 is 0 Å². The standard InChI is InChI=1S/C6H11BO5/c7-6-5(11)4(10)3(9)2(1-8)12-6/h2-6,8-11H,1H2/t2-,3-,4+,5-,6+/m1/s1. The second kappa shape index (κ2) is 3.72. The molecule has 1 fully saturated rings. The number of aliphatic hydroxyl groups is 4. The summed E-state index contributed by atoms with van der Waals surface area (Å²) in [5, 5.41) is 36.1. The number of hydrogen-bond donors (Lipinski definition) is 4. The van der Waals surface area contributed by atoms with Crippen LogP contribution in [0.25, 0.3) is 0 Å². The van der Waals surface area contributed by atoms with E-state index in [0.717, 1.165) is 0 Å². The summed E-state index contributed by atoms with van der Waals surface area (Å²) in [4.78, 5) is 0. The molecule has 1 saturated heterocycles. The van der Waals surface area contributed by atoms with Crippen molar-refractivity contribution in [1.29, 1.82) is 0 Å². The van der Waals surface area contributed by atoms with E-state index in [1.54, 1.807) is 0 Å². The smallest absolute Gasteiger partial charge is 0.112 e. The van der Waals surface area contributed by atoms with Gasteiger partial charge in [0.15, 0.2) is 0 Å². The zero-order valence-electron chi connectivity index (χ0n) is 6.37. The quantitative estimate of drug-likeness (QED) is 0.317. The molecule has 0 saturated carbocycles. The third-order valence-corrected chi connectivity index (χ3v) is 1.93. The van der Waals surface area contributed by atoms with Gasteiger partial charge >= 0.3 is 0 Å². The fraction of sp³-hybridized carbons (Fsp3) is 1.00. The Hall–Kier alpha value is -0.135. The van der Waals surface area contributed by atoms with Crippen molar-refractivity contribution in [3.05, 3.63) is 0 Å². The van der Waals surface area contributed by atoms with Crippen molar-refractivity contribution in [1.82, 2.24) is 0 Å². The van der Waals surface area contributed by atoms with Crippen LogP contribution in [0.1, 0.15) is 0 Å². The van der Waals surface area contributed by atoms with Gasteiger partial charge in [-0.1, -0.05) is 0 Å². The lowest BCUT2D eigenvalue weighted by Crippen LogP contribution is -2.58. The van der Waals surface area contributed by atoms with Crippen LogP contribution in [-0.4, -0.2) is 65.3 Å². The van der Waals surface area contributed by atoms with Gasteiger partial charge in [0.1, 0.15) is 26.2 Å². The summed E-state index contributed by atoms with van der Waals surface area (Å²) in [7, 11) is 5.24. The van der Waals surface area contributed by atoms with Crippen LogP contribution in [0.4, 0.5) is 0 Å². The van der Waals surface area contributed by atoms with Gasteiger partial charge in [-0.3, -0.25) is 0 Å². The summed E-state index contributed by atoms with van der Waals surface area (Å²) in [5.74, 6) is 0. The van der Waals surface area contributed by atoms with E-state index in [-0.39, 0.29) is 0 Å². The first-order valence-corrected chi connectivity index (χ1v) is 3.64. The lowest BCUT2D eigenvalue weighted by atomic mass is 9.85. The molecule has 1 aliphatic heterocycles. The average Bonchev–Trinajstić information content (AvgIpc) is 2.08. The van der Waals surface area contributed by atoms with E-state index in [4.69, 9.17) is 27.9 Å². The highest BCUT2D eigenvalue weighted by Crippen LogP contribution is 2.18. The fourth-order valence-corrected chi connectivity index (χ4v) is 1.13. The van der Waals surface area contributed by atoms with E-state index in [0.29, 0.717) is 0 Å². The summed E-state index contributed by atoms with van der Waals surface area (Å²) in [6.07, 6.45) is -4.92. The molecule has 5 nitrogen and oxygen atoms in total. The van der Waals surface area contributed by atoms with E-state index >= 15 is 0 Å². The predicted octanol–water partition coefficient (Wildman–Crippen LogP) is -3.05. The molecule has 0 bridgehead atoms. The molecule has 1 rings (SSSR count). The van der Waals surface area contributed by atoms with Crippen molar-refractivity contribution in [3.8, 4) is 0 Å². The Bertz CT molecular complexity index is 150. The van der Waals surface area contributed by atoms with Gasteiger partial charge in [-0.05, 0) is 0 Å². The number of hydrogen-bond acceptors (Lipinski definition) is 5. The maximum atomic E-state index is 9.18. The zero-order valence-corrected chi connectivity index (χ0v) is 6.37. The first-order valence-electron chi connectivity index (χ1n) is 3.64. The van der Waals surface area contributed by atoms with Gasteiger partial charge in [0, 0.05) is 6.00 Å². The van der Waals surface area contributed by atoms with Gasteiger partial charge in [0.05, 0.1) is 12.7 Å². The Labute approximate surface area is 71.0 Å². The molecular formula is C6H11BO5. The molecule has 1 heterocycles. The highest BCUT2D eigenvalue weighted by Gasteiger charge is 2.40. The summed E-state index contributed by atoms with van der Waals surface area (Å²) in [6, 6.07) is -1.07. The van der Waals surface area contributed by atoms with Crippen LogP contribution >= 0.6 is 0 Å². The van der Waals surface area contributed by atoms with Crippen LogP contribution in [0.15, 0.2) is 0 Å². The molecule has 4 N–H and O–H groups in total. The lowest BCUT2D eigenvalue weighted by molar-refractivity contribution is -0.208. The Morgan fingerprint density at radius 3 is 2.17 bits per heavy atom. The van der Waals surface area contributed by atoms with Crippen LogP contribution in [0, 0.1) is 0 Å². The van der Waals surface area contributed by atoms with Gasteiger partial charge in [-0.25, -0.2) is 0 Å². The summed E-state index contributed by atoms with van der Waals surface area (Å²) < 4.78 is 4.80. The number of rotatable bonds is 1. The zero-order chi connectivity index (χ0) is 9.30. The normalized spacial score (nSPS) is 49.2. The van der Waals surface area contributed by atoms with Gasteiger partial charge in [0.2, 0.25) is 0 Å². The molecule has 5 atom stereocenters. The van der Waals surface area contributed by atoms with E-state index in [9.17, 15) is 5.11 Å². The molecule has 12 heavy (non-hydrogen) atoms. The fourth-order valence-electron chi connectivity index (χ4n) is 1.13. The molecule has 0 amide bonds. The number of aliphatic hydroxyl groups excluding tert-OH is 4. The first-order chi connectivity index (χ1) is 5.57. The molecule has 0 spiro atoms. The summed E-state index contributed by atoms with van der Waals surface area (Å²) in [6.45, 7) is -0.446. The number of ether oxygens (including phenoxy) is 1. The van der Waals surface area contributed by atoms with Crippen molar-refractivity contribution < 1.29 is 25.2 Å². The second-order valence-corrected chi connectivity index (χ2v) is 2.79. The maximum absolute atomic E-state index is 9.18. The lowest BCUT2D eigenvalue weighted by Gasteiger charge is -2.38. The molecular weight excluding hydrogens is 163 g/mol. The summed E-state index contributed by atoms with van der Waals surface area (Å²) >= 11 is 0. The molecule has 6 heteroatoms. The highest BCUT2D eigenvalue weighted by molar-refractivity contribution is 6.11. The monoisotopic (exact) mass is 174 g/mol. The minimum Gasteiger partial charge on any atom is -0.394 e. The third-order valence-electron chi connectivity index (χ3n) is 1.93. The van der Waals surface area contributed by atoms with Gasteiger partial charge in [0.25, 0.3) is 0 Å². The third kappa shape index (κ3) is 1.62. The molecule has 1 aliphatic rings. The van der Waals surface area contributed by atoms with Crippen molar-refractivity contribution in [2.75, 3.05) is 6.61 Å². The molecule has 2 radical (unpaired) electrons. The molecule has 0 aromatic carbocycles. The largest absolute Gasteiger partial charge is 0.394 e. The van der Waals surface area contributed by atoms with E-state index < -0.39 is 37.0 Å². The molecule has 0 aliphatic carbocycles. The topological polar surface area (TPSA) is 90.2 Å². The Morgan fingerprint density at radius 1 is 1.08 bits per heavy atom. The van der Waals surface area contributed by atoms with Crippen LogP contribution in [-0.2, 0) is 4.74 Å². The van der Waals surface area contributed by atoms with Crippen LogP contribution in [0.5, 0.6) is 0 Å². The second-order valence-electron chi connectivity index (χ2n) is 2.79. The van der Waals surface area contributed by atoms with Crippen LogP contribution in [0.3, 0.4) is 0 Å². The van der Waals surface area contributed by atoms with Crippen LogP contribution in [0.2, 0.25) is 0 Å². The van der Waals surface area contributed by atoms with E-state index in [1.165, 1.54) is 0 Å². The Morgan fingerprint density at radius 2 is 1.67 bits per heavy atom. The molecule has 0 aromatic heterocycles. The summed E-state index contributed by atoms with van der Waals surface area (Å²) in [5.41, 5.74) is 0. The van der Waals surface area contributed by atoms with Crippen molar-refractivity contribution in [2.24, 2.45) is 0 Å². The highest BCUT2D eigenvalue weighted by atomic mass is 16.5. The minimum atomic E-state index is -1.37. The van der Waals surface area contributed by atoms with Crippen molar-refractivity contribution in [3.63, 3.8) is 0 Å². The van der Waals surface area contributed by atoms with E-state index in [1.807, 2.05) is 0 Å². The molecule has 0 unspecified atom stereocenters. The van der Waals surface area contributed by atoms with Gasteiger partial charge in [-0.2, -0.15) is 0 Å². The Balaban J connectivity index is 2.63. The SMILES string of the molecule is [B][C@H]1O[C@H](CO)[C@@H](O)[C@H](O)[C@H]1O. The maximum Gasteiger partial charge on any atom is 0.112 e. The van der Waals surface area contributed by atoms with Crippen molar-refractivity contribution in [2.45, 2.75) is 30.4 Å². The average molecular weight is 174 g/mol. The molecule has 0 aromatic rings. The Kier molecular flexibility index (Phi) is 3.08. The van der Waals surface area contributed by atoms with Crippen molar-refractivity contribution >= 4 is 7.85 Å². The molecule has 68 valence electrons. The minimum absolute atomic E-state index is 0.446. The predicted molar refractivity (Wildman–Crippen MR) is 39.5 cm³/mol. The van der Waals surface area contributed by atoms with Gasteiger partial charge in [-0.15, -0.1) is 0 Å². The van der Waals surface area contributed by atoms with E-state index in [2.05, 4.69) is 0 Å².